The molecule has 1 aromatic carbocycles. The van der Waals surface area contributed by atoms with Crippen LogP contribution >= 0.6 is 15.9 Å². The maximum atomic E-state index is 12.8. The van der Waals surface area contributed by atoms with Crippen LogP contribution in [0.5, 0.6) is 0 Å². The number of rotatable bonds is 3. The third-order valence-electron chi connectivity index (χ3n) is 5.99. The van der Waals surface area contributed by atoms with Gasteiger partial charge in [0.15, 0.2) is 5.78 Å². The second-order valence-electron chi connectivity index (χ2n) is 7.76. The summed E-state index contributed by atoms with van der Waals surface area (Å²) in [6.07, 6.45) is 8.89. The van der Waals surface area contributed by atoms with E-state index in [-0.39, 0.29) is 0 Å². The first-order chi connectivity index (χ1) is 10.0. The fourth-order valence-electron chi connectivity index (χ4n) is 5.70. The molecule has 0 aliphatic heterocycles. The number of halogens is 1. The minimum absolute atomic E-state index is 0.295. The summed E-state index contributed by atoms with van der Waals surface area (Å²) in [5.41, 5.74) is 7.59. The van der Waals surface area contributed by atoms with Crippen molar-refractivity contribution in [3.63, 3.8) is 0 Å². The Kier molecular flexibility index (Phi) is 3.18. The number of anilines is 1. The third-order valence-corrected chi connectivity index (χ3v) is 6.65. The molecule has 4 bridgehead atoms. The lowest BCUT2D eigenvalue weighted by atomic mass is 9.48. The van der Waals surface area contributed by atoms with Gasteiger partial charge in [-0.2, -0.15) is 0 Å². The largest absolute Gasteiger partial charge is 0.399 e. The highest BCUT2D eigenvalue weighted by molar-refractivity contribution is 9.10. The Bertz CT molecular complexity index is 560. The second kappa shape index (κ2) is 4.84. The van der Waals surface area contributed by atoms with Crippen molar-refractivity contribution >= 4 is 27.4 Å². The quantitative estimate of drug-likeness (QED) is 0.629. The number of carbonyl (C=O) groups is 1. The summed E-state index contributed by atoms with van der Waals surface area (Å²) in [6, 6.07) is 5.55. The fourth-order valence-corrected chi connectivity index (χ4v) is 6.32. The van der Waals surface area contributed by atoms with Crippen molar-refractivity contribution in [1.82, 2.24) is 0 Å². The van der Waals surface area contributed by atoms with Gasteiger partial charge in [-0.1, -0.05) is 0 Å². The zero-order valence-electron chi connectivity index (χ0n) is 12.3. The zero-order valence-corrected chi connectivity index (χ0v) is 13.9. The van der Waals surface area contributed by atoms with E-state index in [0.717, 1.165) is 34.2 Å². The average molecular weight is 348 g/mol. The Morgan fingerprint density at radius 1 is 1.14 bits per heavy atom. The molecule has 1 aromatic rings. The lowest BCUT2D eigenvalue weighted by Crippen LogP contribution is -2.46. The molecule has 0 spiro atoms. The summed E-state index contributed by atoms with van der Waals surface area (Å²) in [6.45, 7) is 0. The van der Waals surface area contributed by atoms with Crippen LogP contribution in [-0.2, 0) is 0 Å². The lowest BCUT2D eigenvalue weighted by molar-refractivity contribution is -0.0524. The van der Waals surface area contributed by atoms with Crippen LogP contribution in [-0.4, -0.2) is 5.78 Å². The Balaban J connectivity index is 1.57. The van der Waals surface area contributed by atoms with Crippen molar-refractivity contribution in [2.45, 2.75) is 44.9 Å². The summed E-state index contributed by atoms with van der Waals surface area (Å²) >= 11 is 3.50. The van der Waals surface area contributed by atoms with E-state index in [1.165, 1.54) is 38.5 Å². The standard InChI is InChI=1S/C18H22BrNO/c19-16-6-14(20)1-2-15(16)17(21)10-18-7-11-3-12(8-18)5-13(4-11)9-18/h1-2,6,11-13H,3-5,7-10,20H2. The number of hydrogen-bond acceptors (Lipinski definition) is 2. The lowest BCUT2D eigenvalue weighted by Gasteiger charge is -2.56. The van der Waals surface area contributed by atoms with E-state index < -0.39 is 0 Å². The van der Waals surface area contributed by atoms with Crippen molar-refractivity contribution < 1.29 is 4.79 Å². The number of Topliss-reactive ketones (excluding diaryl/α,β-unsaturated/α-hetero) is 1. The molecule has 2 N–H and O–H groups in total. The van der Waals surface area contributed by atoms with Crippen molar-refractivity contribution in [3.05, 3.63) is 28.2 Å². The first kappa shape index (κ1) is 13.8. The van der Waals surface area contributed by atoms with E-state index in [9.17, 15) is 4.79 Å². The van der Waals surface area contributed by atoms with Crippen LogP contribution in [0.2, 0.25) is 0 Å². The maximum absolute atomic E-state index is 12.8. The van der Waals surface area contributed by atoms with Crippen LogP contribution in [0.1, 0.15) is 55.3 Å². The Labute approximate surface area is 134 Å². The van der Waals surface area contributed by atoms with Gasteiger partial charge >= 0.3 is 0 Å². The van der Waals surface area contributed by atoms with Crippen molar-refractivity contribution in [2.75, 3.05) is 5.73 Å². The molecule has 112 valence electrons. The molecule has 0 radical (unpaired) electrons. The predicted molar refractivity (Wildman–Crippen MR) is 88.1 cm³/mol. The molecule has 2 nitrogen and oxygen atoms in total. The van der Waals surface area contributed by atoms with Gasteiger partial charge in [0.1, 0.15) is 0 Å². The molecule has 4 aliphatic carbocycles. The molecule has 4 aliphatic rings. The van der Waals surface area contributed by atoms with Gasteiger partial charge in [0.2, 0.25) is 0 Å². The van der Waals surface area contributed by atoms with E-state index in [4.69, 9.17) is 5.73 Å². The molecule has 0 unspecified atom stereocenters. The van der Waals surface area contributed by atoms with Crippen LogP contribution in [0.4, 0.5) is 5.69 Å². The van der Waals surface area contributed by atoms with E-state index in [1.54, 1.807) is 0 Å². The van der Waals surface area contributed by atoms with Crippen LogP contribution in [0, 0.1) is 23.2 Å². The van der Waals surface area contributed by atoms with Crippen molar-refractivity contribution in [1.29, 1.82) is 0 Å². The molecule has 0 atom stereocenters. The van der Waals surface area contributed by atoms with Gasteiger partial charge in [-0.3, -0.25) is 4.79 Å². The van der Waals surface area contributed by atoms with Crippen LogP contribution in [0.3, 0.4) is 0 Å². The molecule has 4 saturated carbocycles. The monoisotopic (exact) mass is 347 g/mol. The Hall–Kier alpha value is -0.830. The van der Waals surface area contributed by atoms with Gasteiger partial charge in [0, 0.05) is 22.1 Å². The number of carbonyl (C=O) groups excluding carboxylic acids is 1. The summed E-state index contributed by atoms with van der Waals surface area (Å²) in [7, 11) is 0. The Morgan fingerprint density at radius 3 is 2.24 bits per heavy atom. The molecule has 5 rings (SSSR count). The first-order valence-electron chi connectivity index (χ1n) is 8.11. The third kappa shape index (κ3) is 2.44. The van der Waals surface area contributed by atoms with Gasteiger partial charge < -0.3 is 5.73 Å². The molecule has 3 heteroatoms. The first-order valence-corrected chi connectivity index (χ1v) is 8.90. The van der Waals surface area contributed by atoms with Crippen molar-refractivity contribution in [2.24, 2.45) is 23.2 Å². The molecular weight excluding hydrogens is 326 g/mol. The second-order valence-corrected chi connectivity index (χ2v) is 8.61. The Morgan fingerprint density at radius 2 is 1.71 bits per heavy atom. The molecule has 21 heavy (non-hydrogen) atoms. The number of nitrogen functional groups attached to an aromatic ring is 1. The summed E-state index contributed by atoms with van der Waals surface area (Å²) < 4.78 is 0.845. The van der Waals surface area contributed by atoms with Crippen molar-refractivity contribution in [3.8, 4) is 0 Å². The zero-order chi connectivity index (χ0) is 14.6. The highest BCUT2D eigenvalue weighted by atomic mass is 79.9. The van der Waals surface area contributed by atoms with E-state index in [0.29, 0.717) is 16.9 Å². The van der Waals surface area contributed by atoms with Gasteiger partial charge in [0.25, 0.3) is 0 Å². The number of ketones is 1. The van der Waals surface area contributed by atoms with Crippen LogP contribution in [0.25, 0.3) is 0 Å². The average Bonchev–Trinajstić information content (AvgIpc) is 2.35. The minimum atomic E-state index is 0.295. The van der Waals surface area contributed by atoms with E-state index >= 15 is 0 Å². The summed E-state index contributed by atoms with van der Waals surface area (Å²) in [5.74, 6) is 3.00. The van der Waals surface area contributed by atoms with Gasteiger partial charge in [0.05, 0.1) is 0 Å². The highest BCUT2D eigenvalue weighted by Crippen LogP contribution is 2.61. The minimum Gasteiger partial charge on any atom is -0.399 e. The molecule has 0 saturated heterocycles. The summed E-state index contributed by atoms with van der Waals surface area (Å²) in [4.78, 5) is 12.8. The number of nitrogens with two attached hydrogens (primary N) is 1. The maximum Gasteiger partial charge on any atom is 0.164 e. The highest BCUT2D eigenvalue weighted by Gasteiger charge is 2.51. The van der Waals surface area contributed by atoms with E-state index in [1.807, 2.05) is 18.2 Å². The molecule has 0 heterocycles. The molecule has 0 amide bonds. The summed E-state index contributed by atoms with van der Waals surface area (Å²) in [5, 5.41) is 0. The molecule has 0 aromatic heterocycles. The smallest absolute Gasteiger partial charge is 0.164 e. The normalized spacial score (nSPS) is 36.9. The van der Waals surface area contributed by atoms with Gasteiger partial charge in [-0.25, -0.2) is 0 Å². The fraction of sp³-hybridized carbons (Fsp3) is 0.611. The number of benzene rings is 1. The number of hydrogen-bond donors (Lipinski definition) is 1. The van der Waals surface area contributed by atoms with Gasteiger partial charge in [-0.05, 0) is 95.8 Å². The van der Waals surface area contributed by atoms with Crippen LogP contribution in [0.15, 0.2) is 22.7 Å². The van der Waals surface area contributed by atoms with Crippen LogP contribution < -0.4 is 5.73 Å². The van der Waals surface area contributed by atoms with E-state index in [2.05, 4.69) is 15.9 Å². The SMILES string of the molecule is Nc1ccc(C(=O)CC23CC4CC(CC(C4)C2)C3)c(Br)c1. The van der Waals surface area contributed by atoms with Gasteiger partial charge in [-0.15, -0.1) is 0 Å². The molecular formula is C18H22BrNO. The topological polar surface area (TPSA) is 43.1 Å². The molecule has 4 fully saturated rings. The predicted octanol–water partition coefficient (Wildman–Crippen LogP) is 4.82.